The van der Waals surface area contributed by atoms with Gasteiger partial charge in [-0.2, -0.15) is 0 Å². The Bertz CT molecular complexity index is 765. The molecule has 2 aliphatic heterocycles. The molecule has 2 aliphatic rings. The average Bonchev–Trinajstić information content (AvgIpc) is 2.92. The number of hydrogen-bond donors (Lipinski definition) is 1. The molecule has 1 N–H and O–H groups in total. The van der Waals surface area contributed by atoms with Crippen molar-refractivity contribution in [3.63, 3.8) is 0 Å². The Labute approximate surface area is 150 Å². The summed E-state index contributed by atoms with van der Waals surface area (Å²) in [4.78, 5) is 1.18. The molecule has 23 heavy (non-hydrogen) atoms. The van der Waals surface area contributed by atoms with Gasteiger partial charge in [0, 0.05) is 33.6 Å². The van der Waals surface area contributed by atoms with Gasteiger partial charge in [-0.1, -0.05) is 29.3 Å². The summed E-state index contributed by atoms with van der Waals surface area (Å²) >= 11 is 14.2. The van der Waals surface area contributed by atoms with Crippen LogP contribution in [0, 0.1) is 0 Å². The molecule has 0 amide bonds. The number of halogens is 2. The second kappa shape index (κ2) is 6.21. The largest absolute Gasteiger partial charge is 0.488 e. The maximum absolute atomic E-state index is 6.41. The Morgan fingerprint density at radius 1 is 1.22 bits per heavy atom. The first-order valence-corrected chi connectivity index (χ1v) is 9.70. The Morgan fingerprint density at radius 3 is 2.87 bits per heavy atom. The Hall–Kier alpha value is -0.870. The molecule has 0 spiro atoms. The summed E-state index contributed by atoms with van der Waals surface area (Å²) < 4.78 is 6.26. The lowest BCUT2D eigenvalue weighted by atomic mass is 9.89. The fourth-order valence-electron chi connectivity index (χ4n) is 3.49. The lowest BCUT2D eigenvalue weighted by molar-refractivity contribution is 0.169. The van der Waals surface area contributed by atoms with Gasteiger partial charge in [-0.3, -0.25) is 0 Å². The van der Waals surface area contributed by atoms with Crippen LogP contribution >= 0.6 is 35.0 Å². The molecule has 4 rings (SSSR count). The molecule has 1 fully saturated rings. The molecule has 2 nitrogen and oxygen atoms in total. The molecule has 0 bridgehead atoms. The third kappa shape index (κ3) is 2.74. The van der Waals surface area contributed by atoms with Crippen molar-refractivity contribution in [1.29, 1.82) is 0 Å². The first-order chi connectivity index (χ1) is 11.2. The lowest BCUT2D eigenvalue weighted by Crippen LogP contribution is -2.37. The topological polar surface area (TPSA) is 21.3 Å². The van der Waals surface area contributed by atoms with Gasteiger partial charge in [0.1, 0.15) is 11.9 Å². The fourth-order valence-corrected chi connectivity index (χ4v) is 4.61. The van der Waals surface area contributed by atoms with E-state index in [-0.39, 0.29) is 0 Å². The summed E-state index contributed by atoms with van der Waals surface area (Å²) in [6, 6.07) is 10.1. The van der Waals surface area contributed by atoms with Crippen molar-refractivity contribution in [2.45, 2.75) is 23.3 Å². The predicted octanol–water partition coefficient (Wildman–Crippen LogP) is 5.22. The third-order valence-corrected chi connectivity index (χ3v) is 5.92. The Kier molecular flexibility index (Phi) is 4.22. The molecule has 2 aromatic carbocycles. The van der Waals surface area contributed by atoms with Gasteiger partial charge in [-0.05, 0) is 49.1 Å². The summed E-state index contributed by atoms with van der Waals surface area (Å²) in [5.41, 5.74) is 3.45. The monoisotopic (exact) mass is 365 g/mol. The van der Waals surface area contributed by atoms with Crippen LogP contribution in [-0.2, 0) is 0 Å². The zero-order chi connectivity index (χ0) is 16.0. The van der Waals surface area contributed by atoms with Crippen LogP contribution in [0.1, 0.15) is 17.9 Å². The summed E-state index contributed by atoms with van der Waals surface area (Å²) in [5, 5.41) is 4.82. The van der Waals surface area contributed by atoms with Crippen LogP contribution in [0.2, 0.25) is 10.0 Å². The van der Waals surface area contributed by atoms with E-state index in [1.807, 2.05) is 12.1 Å². The van der Waals surface area contributed by atoms with Crippen LogP contribution < -0.4 is 10.1 Å². The highest BCUT2D eigenvalue weighted by molar-refractivity contribution is 7.98. The number of thioether (sulfide) groups is 1. The van der Waals surface area contributed by atoms with Gasteiger partial charge >= 0.3 is 0 Å². The second-order valence-electron chi connectivity index (χ2n) is 5.98. The highest BCUT2D eigenvalue weighted by Gasteiger charge is 2.37. The Balaban J connectivity index is 1.84. The Morgan fingerprint density at radius 2 is 2.09 bits per heavy atom. The van der Waals surface area contributed by atoms with Gasteiger partial charge in [0.2, 0.25) is 0 Å². The number of hydrogen-bond acceptors (Lipinski definition) is 3. The minimum Gasteiger partial charge on any atom is -0.488 e. The molecule has 2 aromatic rings. The van der Waals surface area contributed by atoms with Crippen LogP contribution in [0.25, 0.3) is 11.1 Å². The molecule has 2 heterocycles. The second-order valence-corrected chi connectivity index (χ2v) is 7.67. The van der Waals surface area contributed by atoms with Crippen LogP contribution in [0.15, 0.2) is 35.2 Å². The van der Waals surface area contributed by atoms with Gasteiger partial charge in [-0.25, -0.2) is 0 Å². The van der Waals surface area contributed by atoms with E-state index in [1.165, 1.54) is 10.5 Å². The highest BCUT2D eigenvalue weighted by Crippen LogP contribution is 2.48. The fraction of sp³-hybridized carbons (Fsp3) is 0.333. The van der Waals surface area contributed by atoms with Gasteiger partial charge in [0.15, 0.2) is 0 Å². The lowest BCUT2D eigenvalue weighted by Gasteiger charge is -2.24. The zero-order valence-corrected chi connectivity index (χ0v) is 15.1. The highest BCUT2D eigenvalue weighted by atomic mass is 35.5. The van der Waals surface area contributed by atoms with Gasteiger partial charge in [0.05, 0.1) is 4.90 Å². The van der Waals surface area contributed by atoms with Crippen molar-refractivity contribution in [2.75, 3.05) is 19.3 Å². The molecule has 5 heteroatoms. The predicted molar refractivity (Wildman–Crippen MR) is 98.3 cm³/mol. The first kappa shape index (κ1) is 15.6. The van der Waals surface area contributed by atoms with E-state index in [1.54, 1.807) is 17.8 Å². The molecule has 0 radical (unpaired) electrons. The zero-order valence-electron chi connectivity index (χ0n) is 12.7. The summed E-state index contributed by atoms with van der Waals surface area (Å²) in [7, 11) is 0. The first-order valence-electron chi connectivity index (χ1n) is 7.72. The van der Waals surface area contributed by atoms with Crippen molar-refractivity contribution >= 4 is 35.0 Å². The van der Waals surface area contributed by atoms with Crippen molar-refractivity contribution in [3.05, 3.63) is 45.9 Å². The molecule has 1 saturated heterocycles. The van der Waals surface area contributed by atoms with E-state index in [4.69, 9.17) is 27.9 Å². The van der Waals surface area contributed by atoms with Crippen LogP contribution in [0.4, 0.5) is 0 Å². The van der Waals surface area contributed by atoms with Crippen LogP contribution in [0.3, 0.4) is 0 Å². The van der Waals surface area contributed by atoms with Gasteiger partial charge in [-0.15, -0.1) is 11.8 Å². The molecular weight excluding hydrogens is 349 g/mol. The summed E-state index contributed by atoms with van der Waals surface area (Å²) in [6.45, 7) is 2.00. The number of rotatable bonds is 2. The molecule has 0 aromatic heterocycles. The maximum atomic E-state index is 6.41. The van der Waals surface area contributed by atoms with E-state index in [2.05, 4.69) is 23.7 Å². The number of fused-ring (bicyclic) bond motifs is 3. The van der Waals surface area contributed by atoms with E-state index >= 15 is 0 Å². The average molecular weight is 366 g/mol. The molecule has 0 aliphatic carbocycles. The number of benzene rings is 2. The molecular formula is C18H17Cl2NOS. The normalized spacial score (nSPS) is 22.4. The van der Waals surface area contributed by atoms with Crippen LogP contribution in [-0.4, -0.2) is 25.4 Å². The van der Waals surface area contributed by atoms with Crippen molar-refractivity contribution in [3.8, 4) is 16.9 Å². The molecule has 0 saturated carbocycles. The van der Waals surface area contributed by atoms with Gasteiger partial charge in [0.25, 0.3) is 0 Å². The minimum atomic E-state index is 0.299. The third-order valence-electron chi connectivity index (χ3n) is 4.63. The van der Waals surface area contributed by atoms with Crippen molar-refractivity contribution in [2.24, 2.45) is 0 Å². The molecule has 120 valence electrons. The SMILES string of the molecule is CSc1cc(-c2ccc(Cl)cc2Cl)cc2c1O[C@H]1CCNC[C@@H]21. The number of ether oxygens (including phenoxy) is 1. The maximum Gasteiger partial charge on any atom is 0.136 e. The van der Waals surface area contributed by atoms with Crippen LogP contribution in [0.5, 0.6) is 5.75 Å². The standard InChI is InChI=1S/C18H17Cl2NOS/c1-23-17-7-10(12-3-2-11(19)8-15(12)20)6-13-14-9-21-5-4-16(14)22-18(13)17/h2-3,6-8,14,16,21H,4-5,9H2,1H3/t14-,16-/m0/s1. The van der Waals surface area contributed by atoms with E-state index < -0.39 is 0 Å². The minimum absolute atomic E-state index is 0.299. The smallest absolute Gasteiger partial charge is 0.136 e. The number of nitrogens with one attached hydrogen (secondary N) is 1. The van der Waals surface area contributed by atoms with Crippen molar-refractivity contribution in [1.82, 2.24) is 5.32 Å². The molecule has 2 atom stereocenters. The summed E-state index contributed by atoms with van der Waals surface area (Å²) in [5.74, 6) is 1.49. The van der Waals surface area contributed by atoms with E-state index in [0.717, 1.165) is 36.4 Å². The van der Waals surface area contributed by atoms with Crippen molar-refractivity contribution < 1.29 is 4.74 Å². The van der Waals surface area contributed by atoms with E-state index in [0.29, 0.717) is 22.1 Å². The number of piperidine rings is 1. The summed E-state index contributed by atoms with van der Waals surface area (Å²) in [6.07, 6.45) is 3.45. The quantitative estimate of drug-likeness (QED) is 0.737. The van der Waals surface area contributed by atoms with E-state index in [9.17, 15) is 0 Å². The molecule has 0 unspecified atom stereocenters. The van der Waals surface area contributed by atoms with Gasteiger partial charge < -0.3 is 10.1 Å².